The average Bonchev–Trinajstić information content (AvgIpc) is 2.30. The molecule has 0 bridgehead atoms. The summed E-state index contributed by atoms with van der Waals surface area (Å²) in [7, 11) is 1.21. The normalized spacial score (nSPS) is 10.6. The number of nitrogen functional groups attached to an aromatic ring is 1. The van der Waals surface area contributed by atoms with Crippen molar-refractivity contribution in [2.45, 2.75) is 18.2 Å². The summed E-state index contributed by atoms with van der Waals surface area (Å²) in [5, 5.41) is 0.225. The molecule has 4 nitrogen and oxygen atoms in total. The van der Waals surface area contributed by atoms with Gasteiger partial charge in [0.05, 0.1) is 24.9 Å². The second-order valence-electron chi connectivity index (χ2n) is 3.24. The van der Waals surface area contributed by atoms with Crippen molar-refractivity contribution in [2.24, 2.45) is 0 Å². The van der Waals surface area contributed by atoms with Crippen LogP contribution in [0.4, 0.5) is 14.5 Å². The number of aromatic nitrogens is 1. The summed E-state index contributed by atoms with van der Waals surface area (Å²) >= 11 is 3.08. The SMILES string of the molecule is COC(=O)Cc1ncc(CBr)c(C(F)F)c1N. The van der Waals surface area contributed by atoms with Gasteiger partial charge in [-0.25, -0.2) is 8.78 Å². The van der Waals surface area contributed by atoms with Gasteiger partial charge >= 0.3 is 5.97 Å². The highest BCUT2D eigenvalue weighted by Gasteiger charge is 2.20. The Kier molecular flexibility index (Phi) is 4.80. The number of esters is 1. The van der Waals surface area contributed by atoms with E-state index in [-0.39, 0.29) is 28.7 Å². The highest BCUT2D eigenvalue weighted by molar-refractivity contribution is 9.08. The average molecular weight is 309 g/mol. The zero-order valence-corrected chi connectivity index (χ0v) is 10.6. The van der Waals surface area contributed by atoms with Gasteiger partial charge < -0.3 is 10.5 Å². The van der Waals surface area contributed by atoms with Crippen molar-refractivity contribution in [3.63, 3.8) is 0 Å². The molecule has 94 valence electrons. The fourth-order valence-electron chi connectivity index (χ4n) is 1.34. The molecule has 0 aromatic carbocycles. The highest BCUT2D eigenvalue weighted by Crippen LogP contribution is 2.31. The lowest BCUT2D eigenvalue weighted by Crippen LogP contribution is -2.12. The zero-order valence-electron chi connectivity index (χ0n) is 9.04. The number of carbonyl (C=O) groups excluding carboxylic acids is 1. The molecular weight excluding hydrogens is 298 g/mol. The third kappa shape index (κ3) is 3.12. The number of anilines is 1. The topological polar surface area (TPSA) is 65.2 Å². The van der Waals surface area contributed by atoms with E-state index < -0.39 is 12.4 Å². The molecule has 0 aliphatic heterocycles. The Labute approximate surface area is 105 Å². The Morgan fingerprint density at radius 2 is 2.29 bits per heavy atom. The second kappa shape index (κ2) is 5.90. The van der Waals surface area contributed by atoms with E-state index in [0.29, 0.717) is 5.56 Å². The highest BCUT2D eigenvalue weighted by atomic mass is 79.9. The number of nitrogens with two attached hydrogens (primary N) is 1. The molecule has 0 saturated carbocycles. The first-order valence-corrected chi connectivity index (χ1v) is 5.80. The van der Waals surface area contributed by atoms with E-state index in [4.69, 9.17) is 5.73 Å². The predicted molar refractivity (Wildman–Crippen MR) is 62.0 cm³/mol. The summed E-state index contributed by atoms with van der Waals surface area (Å²) in [5.74, 6) is -0.573. The molecule has 0 aliphatic carbocycles. The lowest BCUT2D eigenvalue weighted by molar-refractivity contribution is -0.139. The van der Waals surface area contributed by atoms with Gasteiger partial charge in [0.25, 0.3) is 6.43 Å². The van der Waals surface area contributed by atoms with E-state index in [0.717, 1.165) is 0 Å². The van der Waals surface area contributed by atoms with Crippen LogP contribution in [0, 0.1) is 0 Å². The molecule has 0 fully saturated rings. The monoisotopic (exact) mass is 308 g/mol. The molecule has 0 spiro atoms. The first kappa shape index (κ1) is 13.8. The number of halogens is 3. The van der Waals surface area contributed by atoms with Gasteiger partial charge in [-0.3, -0.25) is 9.78 Å². The standard InChI is InChI=1S/C10H11BrF2N2O2/c1-17-7(16)2-6-9(14)8(10(12)13)5(3-11)4-15-6/h4,10H,2-3,14H2,1H3. The van der Waals surface area contributed by atoms with Gasteiger partial charge in [-0.05, 0) is 5.56 Å². The Hall–Kier alpha value is -1.24. The van der Waals surface area contributed by atoms with Crippen LogP contribution in [-0.4, -0.2) is 18.1 Å². The van der Waals surface area contributed by atoms with Crippen LogP contribution in [0.3, 0.4) is 0 Å². The van der Waals surface area contributed by atoms with E-state index in [2.05, 4.69) is 25.7 Å². The van der Waals surface area contributed by atoms with Gasteiger partial charge in [0.15, 0.2) is 0 Å². The van der Waals surface area contributed by atoms with Gasteiger partial charge in [-0.2, -0.15) is 0 Å². The maximum Gasteiger partial charge on any atom is 0.311 e. The first-order chi connectivity index (χ1) is 8.01. The van der Waals surface area contributed by atoms with Crippen LogP contribution >= 0.6 is 15.9 Å². The zero-order chi connectivity index (χ0) is 13.0. The fraction of sp³-hybridized carbons (Fsp3) is 0.400. The fourth-order valence-corrected chi connectivity index (χ4v) is 1.78. The van der Waals surface area contributed by atoms with Crippen LogP contribution < -0.4 is 5.73 Å². The quantitative estimate of drug-likeness (QED) is 0.684. The number of methoxy groups -OCH3 is 1. The molecule has 1 aromatic heterocycles. The van der Waals surface area contributed by atoms with Crippen molar-refractivity contribution in [1.29, 1.82) is 0 Å². The van der Waals surface area contributed by atoms with Crippen LogP contribution in [-0.2, 0) is 21.3 Å². The summed E-state index contributed by atoms with van der Waals surface area (Å²) < 4.78 is 30.1. The Morgan fingerprint density at radius 3 is 2.76 bits per heavy atom. The minimum absolute atomic E-state index is 0.108. The van der Waals surface area contributed by atoms with Gasteiger partial charge in [0, 0.05) is 17.1 Å². The molecule has 1 aromatic rings. The second-order valence-corrected chi connectivity index (χ2v) is 3.81. The van der Waals surface area contributed by atoms with Gasteiger partial charge in [-0.15, -0.1) is 0 Å². The summed E-state index contributed by atoms with van der Waals surface area (Å²) in [5.41, 5.74) is 5.58. The lowest BCUT2D eigenvalue weighted by Gasteiger charge is -2.12. The summed E-state index contributed by atoms with van der Waals surface area (Å²) in [6.07, 6.45) is -1.64. The summed E-state index contributed by atoms with van der Waals surface area (Å²) in [6.45, 7) is 0. The number of carbonyl (C=O) groups is 1. The number of hydrogen-bond donors (Lipinski definition) is 1. The summed E-state index contributed by atoms with van der Waals surface area (Å²) in [4.78, 5) is 14.9. The molecule has 0 saturated heterocycles. The molecule has 1 heterocycles. The molecule has 0 amide bonds. The van der Waals surface area contributed by atoms with E-state index in [1.807, 2.05) is 0 Å². The molecule has 2 N–H and O–H groups in total. The number of alkyl halides is 3. The Morgan fingerprint density at radius 1 is 1.65 bits per heavy atom. The van der Waals surface area contributed by atoms with Crippen molar-refractivity contribution < 1.29 is 18.3 Å². The molecule has 7 heteroatoms. The Bertz CT molecular complexity index is 427. The van der Waals surface area contributed by atoms with Crippen molar-refractivity contribution in [2.75, 3.05) is 12.8 Å². The van der Waals surface area contributed by atoms with E-state index in [9.17, 15) is 13.6 Å². The Balaban J connectivity index is 3.18. The van der Waals surface area contributed by atoms with Crippen LogP contribution in [0.25, 0.3) is 0 Å². The van der Waals surface area contributed by atoms with E-state index >= 15 is 0 Å². The number of hydrogen-bond acceptors (Lipinski definition) is 4. The van der Waals surface area contributed by atoms with Crippen molar-refractivity contribution in [1.82, 2.24) is 4.98 Å². The first-order valence-electron chi connectivity index (χ1n) is 4.68. The van der Waals surface area contributed by atoms with Gasteiger partial charge in [0.2, 0.25) is 0 Å². The molecule has 17 heavy (non-hydrogen) atoms. The summed E-state index contributed by atoms with van der Waals surface area (Å²) in [6, 6.07) is 0. The third-order valence-electron chi connectivity index (χ3n) is 2.22. The molecule has 1 rings (SSSR count). The van der Waals surface area contributed by atoms with Gasteiger partial charge in [0.1, 0.15) is 0 Å². The number of pyridine rings is 1. The van der Waals surface area contributed by atoms with Crippen molar-refractivity contribution >= 4 is 27.6 Å². The van der Waals surface area contributed by atoms with Crippen LogP contribution in [0.15, 0.2) is 6.20 Å². The van der Waals surface area contributed by atoms with E-state index in [1.54, 1.807) is 0 Å². The van der Waals surface area contributed by atoms with Crippen LogP contribution in [0.2, 0.25) is 0 Å². The smallest absolute Gasteiger partial charge is 0.311 e. The number of ether oxygens (including phenoxy) is 1. The number of rotatable bonds is 4. The largest absolute Gasteiger partial charge is 0.469 e. The third-order valence-corrected chi connectivity index (χ3v) is 2.83. The predicted octanol–water partition coefficient (Wildman–Crippen LogP) is 2.21. The molecule has 0 radical (unpaired) electrons. The van der Waals surface area contributed by atoms with Gasteiger partial charge in [-0.1, -0.05) is 15.9 Å². The van der Waals surface area contributed by atoms with E-state index in [1.165, 1.54) is 13.3 Å². The maximum absolute atomic E-state index is 12.8. The molecule has 0 unspecified atom stereocenters. The maximum atomic E-state index is 12.8. The minimum atomic E-state index is -2.71. The lowest BCUT2D eigenvalue weighted by atomic mass is 10.1. The molecule has 0 atom stereocenters. The van der Waals surface area contributed by atoms with Crippen molar-refractivity contribution in [3.8, 4) is 0 Å². The molecule has 0 aliphatic rings. The van der Waals surface area contributed by atoms with Crippen LogP contribution in [0.1, 0.15) is 23.2 Å². The minimum Gasteiger partial charge on any atom is -0.469 e. The number of nitrogens with zero attached hydrogens (tertiary/aromatic N) is 1. The van der Waals surface area contributed by atoms with Crippen molar-refractivity contribution in [3.05, 3.63) is 23.0 Å². The molecular formula is C10H11BrF2N2O2. The van der Waals surface area contributed by atoms with Crippen LogP contribution in [0.5, 0.6) is 0 Å².